The minimum atomic E-state index is -3.70. The number of sulfonamides is 1. The molecule has 0 aliphatic carbocycles. The third-order valence-electron chi connectivity index (χ3n) is 4.85. The number of benzene rings is 3. The first-order valence-corrected chi connectivity index (χ1v) is 11.6. The number of hydrazine groups is 1. The Balaban J connectivity index is 1.57. The van der Waals surface area contributed by atoms with Crippen LogP contribution in [0.15, 0.2) is 71.6 Å². The Kier molecular flexibility index (Phi) is 7.45. The van der Waals surface area contributed by atoms with Crippen molar-refractivity contribution in [1.82, 2.24) is 15.2 Å². The van der Waals surface area contributed by atoms with E-state index in [0.717, 1.165) is 10.8 Å². The Morgan fingerprint density at radius 1 is 0.875 bits per heavy atom. The normalized spacial score (nSPS) is 11.3. The van der Waals surface area contributed by atoms with Crippen molar-refractivity contribution in [2.75, 3.05) is 19.7 Å². The summed E-state index contributed by atoms with van der Waals surface area (Å²) in [5.41, 5.74) is 4.65. The number of fused-ring (bicyclic) bond motifs is 1. The molecule has 0 heterocycles. The van der Waals surface area contributed by atoms with Crippen molar-refractivity contribution in [3.63, 3.8) is 0 Å². The predicted molar refractivity (Wildman–Crippen MR) is 122 cm³/mol. The highest BCUT2D eigenvalue weighted by Gasteiger charge is 2.22. The van der Waals surface area contributed by atoms with Crippen LogP contribution in [0.25, 0.3) is 10.8 Å². The molecule has 0 aliphatic rings. The van der Waals surface area contributed by atoms with E-state index in [2.05, 4.69) is 10.9 Å². The largest absolute Gasteiger partial charge is 0.484 e. The summed E-state index contributed by atoms with van der Waals surface area (Å²) in [5, 5.41) is 2.04. The monoisotopic (exact) mass is 455 g/mol. The molecule has 32 heavy (non-hydrogen) atoms. The number of hydrogen-bond donors (Lipinski definition) is 2. The van der Waals surface area contributed by atoms with Gasteiger partial charge in [-0.05, 0) is 41.1 Å². The Morgan fingerprint density at radius 2 is 1.59 bits per heavy atom. The van der Waals surface area contributed by atoms with Crippen LogP contribution in [-0.2, 0) is 14.8 Å². The summed E-state index contributed by atoms with van der Waals surface area (Å²) >= 11 is 0. The first-order valence-electron chi connectivity index (χ1n) is 10.2. The minimum Gasteiger partial charge on any atom is -0.484 e. The fourth-order valence-electron chi connectivity index (χ4n) is 3.15. The molecule has 0 spiro atoms. The van der Waals surface area contributed by atoms with Crippen LogP contribution in [0, 0.1) is 0 Å². The van der Waals surface area contributed by atoms with Crippen molar-refractivity contribution in [3.8, 4) is 5.75 Å². The lowest BCUT2D eigenvalue weighted by Gasteiger charge is -2.18. The Labute approximate surface area is 187 Å². The zero-order valence-electron chi connectivity index (χ0n) is 17.9. The maximum absolute atomic E-state index is 12.6. The molecule has 3 aromatic rings. The fraction of sp³-hybridized carbons (Fsp3) is 0.217. The van der Waals surface area contributed by atoms with Crippen LogP contribution in [0.3, 0.4) is 0 Å². The van der Waals surface area contributed by atoms with Gasteiger partial charge in [0.05, 0.1) is 4.90 Å². The quantitative estimate of drug-likeness (QED) is 0.508. The van der Waals surface area contributed by atoms with Gasteiger partial charge in [0.25, 0.3) is 11.8 Å². The number of hydrogen-bond acceptors (Lipinski definition) is 5. The zero-order valence-corrected chi connectivity index (χ0v) is 18.7. The van der Waals surface area contributed by atoms with E-state index in [1.165, 1.54) is 28.6 Å². The summed E-state index contributed by atoms with van der Waals surface area (Å²) in [4.78, 5) is 24.5. The number of carbonyl (C=O) groups is 2. The molecule has 2 amide bonds. The summed E-state index contributed by atoms with van der Waals surface area (Å²) in [7, 11) is -3.70. The van der Waals surface area contributed by atoms with E-state index in [0.29, 0.717) is 18.8 Å². The second-order valence-electron chi connectivity index (χ2n) is 6.92. The lowest BCUT2D eigenvalue weighted by Crippen LogP contribution is -2.43. The van der Waals surface area contributed by atoms with Crippen LogP contribution >= 0.6 is 0 Å². The van der Waals surface area contributed by atoms with Gasteiger partial charge in [-0.15, -0.1) is 0 Å². The van der Waals surface area contributed by atoms with Gasteiger partial charge < -0.3 is 4.74 Å². The van der Waals surface area contributed by atoms with Gasteiger partial charge in [0.2, 0.25) is 10.0 Å². The highest BCUT2D eigenvalue weighted by Crippen LogP contribution is 2.20. The molecule has 168 valence electrons. The Bertz CT molecular complexity index is 1220. The van der Waals surface area contributed by atoms with Gasteiger partial charge in [-0.2, -0.15) is 4.31 Å². The van der Waals surface area contributed by atoms with Crippen molar-refractivity contribution in [3.05, 3.63) is 72.3 Å². The molecular weight excluding hydrogens is 430 g/mol. The van der Waals surface area contributed by atoms with E-state index < -0.39 is 21.8 Å². The number of nitrogens with one attached hydrogen (secondary N) is 2. The van der Waals surface area contributed by atoms with Crippen molar-refractivity contribution < 1.29 is 22.7 Å². The third kappa shape index (κ3) is 5.43. The minimum absolute atomic E-state index is 0.0137. The molecule has 0 fully saturated rings. The first-order chi connectivity index (χ1) is 15.3. The predicted octanol–water partition coefficient (Wildman–Crippen LogP) is 2.71. The molecule has 0 saturated heterocycles. The molecular formula is C23H25N3O5S. The van der Waals surface area contributed by atoms with Crippen LogP contribution in [0.4, 0.5) is 0 Å². The third-order valence-corrected chi connectivity index (χ3v) is 6.89. The first kappa shape index (κ1) is 23.2. The maximum atomic E-state index is 12.6. The topological polar surface area (TPSA) is 105 Å². The lowest BCUT2D eigenvalue weighted by molar-refractivity contribution is -0.123. The molecule has 8 nitrogen and oxygen atoms in total. The molecule has 9 heteroatoms. The molecule has 3 rings (SSSR count). The molecule has 0 radical (unpaired) electrons. The second-order valence-corrected chi connectivity index (χ2v) is 8.86. The van der Waals surface area contributed by atoms with Crippen molar-refractivity contribution in [2.24, 2.45) is 0 Å². The number of nitrogens with zero attached hydrogens (tertiary/aromatic N) is 1. The summed E-state index contributed by atoms with van der Waals surface area (Å²) in [6.07, 6.45) is 0. The van der Waals surface area contributed by atoms with Gasteiger partial charge in [-0.3, -0.25) is 20.4 Å². The molecule has 0 aliphatic heterocycles. The van der Waals surface area contributed by atoms with Gasteiger partial charge >= 0.3 is 0 Å². The van der Waals surface area contributed by atoms with Crippen molar-refractivity contribution in [1.29, 1.82) is 0 Å². The molecule has 0 aromatic heterocycles. The number of rotatable bonds is 8. The summed E-state index contributed by atoms with van der Waals surface area (Å²) < 4.78 is 32.1. The number of amides is 2. The number of ether oxygens (including phenoxy) is 1. The van der Waals surface area contributed by atoms with Crippen molar-refractivity contribution in [2.45, 2.75) is 18.7 Å². The highest BCUT2D eigenvalue weighted by molar-refractivity contribution is 7.89. The van der Waals surface area contributed by atoms with Crippen LogP contribution in [0.2, 0.25) is 0 Å². The van der Waals surface area contributed by atoms with Gasteiger partial charge in [0.1, 0.15) is 5.75 Å². The van der Waals surface area contributed by atoms with E-state index in [9.17, 15) is 18.0 Å². The zero-order chi connectivity index (χ0) is 23.1. The summed E-state index contributed by atoms with van der Waals surface area (Å²) in [6, 6.07) is 18.9. The average molecular weight is 456 g/mol. The van der Waals surface area contributed by atoms with Crippen LogP contribution in [-0.4, -0.2) is 44.2 Å². The Hall–Kier alpha value is -3.43. The van der Waals surface area contributed by atoms with Gasteiger partial charge in [0, 0.05) is 18.7 Å². The second kappa shape index (κ2) is 10.3. The lowest BCUT2D eigenvalue weighted by atomic mass is 10.1. The van der Waals surface area contributed by atoms with E-state index in [-0.39, 0.29) is 17.1 Å². The summed E-state index contributed by atoms with van der Waals surface area (Å²) in [5.74, 6) is -0.668. The highest BCUT2D eigenvalue weighted by atomic mass is 32.2. The van der Waals surface area contributed by atoms with Gasteiger partial charge in [-0.25, -0.2) is 8.42 Å². The molecule has 2 N–H and O–H groups in total. The fourth-order valence-corrected chi connectivity index (χ4v) is 4.66. The van der Waals surface area contributed by atoms with Gasteiger partial charge in [-0.1, -0.05) is 50.2 Å². The van der Waals surface area contributed by atoms with E-state index in [1.54, 1.807) is 19.9 Å². The van der Waals surface area contributed by atoms with E-state index in [1.807, 2.05) is 36.4 Å². The molecule has 0 saturated carbocycles. The summed E-state index contributed by atoms with van der Waals surface area (Å²) in [6.45, 7) is 3.83. The van der Waals surface area contributed by atoms with Crippen LogP contribution in [0.5, 0.6) is 5.75 Å². The van der Waals surface area contributed by atoms with Crippen LogP contribution < -0.4 is 15.6 Å². The van der Waals surface area contributed by atoms with Crippen LogP contribution in [0.1, 0.15) is 24.2 Å². The molecule has 0 unspecified atom stereocenters. The Morgan fingerprint density at radius 3 is 2.31 bits per heavy atom. The SMILES string of the molecule is CCN(CC)S(=O)(=O)c1cccc(C(=O)NNC(=O)COc2ccc3ccccc3c2)c1. The molecule has 0 bridgehead atoms. The van der Waals surface area contributed by atoms with Crippen molar-refractivity contribution >= 4 is 32.6 Å². The molecule has 3 aromatic carbocycles. The van der Waals surface area contributed by atoms with E-state index in [4.69, 9.17) is 4.74 Å². The smallest absolute Gasteiger partial charge is 0.276 e. The standard InChI is InChI=1S/C23H25N3O5S/c1-3-26(4-2)32(29,30)21-11-7-10-19(15-21)23(28)25-24-22(27)16-31-20-13-12-17-8-5-6-9-18(17)14-20/h5-15H,3-4,16H2,1-2H3,(H,24,27)(H,25,28). The number of carbonyl (C=O) groups excluding carboxylic acids is 2. The molecule has 0 atom stereocenters. The van der Waals surface area contributed by atoms with E-state index >= 15 is 0 Å². The van der Waals surface area contributed by atoms with Gasteiger partial charge in [0.15, 0.2) is 6.61 Å². The average Bonchev–Trinajstić information content (AvgIpc) is 2.81. The maximum Gasteiger partial charge on any atom is 0.276 e.